The van der Waals surface area contributed by atoms with Gasteiger partial charge in [0.2, 0.25) is 11.8 Å². The van der Waals surface area contributed by atoms with Gasteiger partial charge in [-0.25, -0.2) is 4.79 Å². The summed E-state index contributed by atoms with van der Waals surface area (Å²) in [5.74, 6) is -0.893. The summed E-state index contributed by atoms with van der Waals surface area (Å²) in [6, 6.07) is 6.36. The summed E-state index contributed by atoms with van der Waals surface area (Å²) >= 11 is 0. The molecule has 0 heterocycles. The van der Waals surface area contributed by atoms with E-state index in [4.69, 9.17) is 0 Å². The number of anilines is 1. The van der Waals surface area contributed by atoms with Crippen LogP contribution in [-0.2, 0) is 14.3 Å². The average molecular weight is 306 g/mol. The van der Waals surface area contributed by atoms with Crippen molar-refractivity contribution in [3.05, 3.63) is 29.8 Å². The monoisotopic (exact) mass is 306 g/mol. The topological polar surface area (TPSA) is 75.7 Å². The Morgan fingerprint density at radius 1 is 1.18 bits per heavy atom. The van der Waals surface area contributed by atoms with Crippen molar-refractivity contribution >= 4 is 23.5 Å². The van der Waals surface area contributed by atoms with Crippen LogP contribution in [-0.4, -0.2) is 38.0 Å². The smallest absolute Gasteiger partial charge is 0.337 e. The van der Waals surface area contributed by atoms with E-state index in [0.717, 1.165) is 12.8 Å². The number of methoxy groups -OCH3 is 1. The van der Waals surface area contributed by atoms with Crippen molar-refractivity contribution in [1.29, 1.82) is 0 Å². The molecule has 0 aliphatic rings. The molecule has 1 aromatic carbocycles. The molecule has 6 nitrogen and oxygen atoms in total. The minimum absolute atomic E-state index is 0.0450. The summed E-state index contributed by atoms with van der Waals surface area (Å²) in [5, 5.41) is 2.77. The molecule has 0 saturated carbocycles. The molecule has 22 heavy (non-hydrogen) atoms. The molecule has 0 aliphatic carbocycles. The Kier molecular flexibility index (Phi) is 7.08. The van der Waals surface area contributed by atoms with Crippen LogP contribution in [0.15, 0.2) is 24.3 Å². The molecule has 0 radical (unpaired) electrons. The molecule has 0 atom stereocenters. The molecule has 0 unspecified atom stereocenters. The molecule has 0 bridgehead atoms. The zero-order valence-corrected chi connectivity index (χ0v) is 13.2. The number of benzene rings is 1. The quantitative estimate of drug-likeness (QED) is 0.615. The SMILES string of the molecule is CCCCNC(=O)CN(C(C)=O)c1ccc(C(=O)OC)cc1. The van der Waals surface area contributed by atoms with Crippen molar-refractivity contribution in [2.75, 3.05) is 25.1 Å². The van der Waals surface area contributed by atoms with Crippen LogP contribution >= 0.6 is 0 Å². The second-order valence-corrected chi connectivity index (χ2v) is 4.85. The van der Waals surface area contributed by atoms with E-state index in [9.17, 15) is 14.4 Å². The van der Waals surface area contributed by atoms with Crippen LogP contribution in [0, 0.1) is 0 Å². The molecule has 1 N–H and O–H groups in total. The number of amides is 2. The summed E-state index contributed by atoms with van der Waals surface area (Å²) in [5.41, 5.74) is 0.952. The lowest BCUT2D eigenvalue weighted by molar-refractivity contribution is -0.123. The van der Waals surface area contributed by atoms with Gasteiger partial charge in [0, 0.05) is 19.2 Å². The second kappa shape index (κ2) is 8.81. The largest absolute Gasteiger partial charge is 0.465 e. The maximum Gasteiger partial charge on any atom is 0.337 e. The van der Waals surface area contributed by atoms with Crippen LogP contribution in [0.4, 0.5) is 5.69 Å². The van der Waals surface area contributed by atoms with E-state index in [-0.39, 0.29) is 18.4 Å². The molecule has 0 aromatic heterocycles. The fourth-order valence-corrected chi connectivity index (χ4v) is 1.88. The number of ether oxygens (including phenoxy) is 1. The summed E-state index contributed by atoms with van der Waals surface area (Å²) in [4.78, 5) is 36.3. The fraction of sp³-hybridized carbons (Fsp3) is 0.438. The lowest BCUT2D eigenvalue weighted by atomic mass is 10.2. The van der Waals surface area contributed by atoms with Gasteiger partial charge < -0.3 is 15.0 Å². The Morgan fingerprint density at radius 2 is 1.82 bits per heavy atom. The molecule has 2 amide bonds. The van der Waals surface area contributed by atoms with Gasteiger partial charge in [-0.1, -0.05) is 13.3 Å². The van der Waals surface area contributed by atoms with Crippen molar-refractivity contribution in [3.63, 3.8) is 0 Å². The van der Waals surface area contributed by atoms with Gasteiger partial charge in [0.15, 0.2) is 0 Å². The van der Waals surface area contributed by atoms with Gasteiger partial charge in [-0.2, -0.15) is 0 Å². The third kappa shape index (κ3) is 5.20. The van der Waals surface area contributed by atoms with Gasteiger partial charge in [0.1, 0.15) is 6.54 Å². The molecule has 0 fully saturated rings. The maximum absolute atomic E-state index is 11.8. The Labute approximate surface area is 130 Å². The molecule has 0 spiro atoms. The second-order valence-electron chi connectivity index (χ2n) is 4.85. The minimum atomic E-state index is -0.446. The number of nitrogens with zero attached hydrogens (tertiary/aromatic N) is 1. The summed E-state index contributed by atoms with van der Waals surface area (Å²) in [7, 11) is 1.30. The first kappa shape index (κ1) is 17.7. The maximum atomic E-state index is 11.8. The predicted molar refractivity (Wildman–Crippen MR) is 83.7 cm³/mol. The normalized spacial score (nSPS) is 9.95. The number of carbonyl (C=O) groups is 3. The number of hydrogen-bond acceptors (Lipinski definition) is 4. The number of unbranched alkanes of at least 4 members (excludes halogenated alkanes) is 1. The predicted octanol–water partition coefficient (Wildman–Crippen LogP) is 1.74. The Hall–Kier alpha value is -2.37. The fourth-order valence-electron chi connectivity index (χ4n) is 1.88. The zero-order chi connectivity index (χ0) is 16.5. The lowest BCUT2D eigenvalue weighted by Crippen LogP contribution is -2.40. The lowest BCUT2D eigenvalue weighted by Gasteiger charge is -2.20. The van der Waals surface area contributed by atoms with Crippen LogP contribution in [0.2, 0.25) is 0 Å². The van der Waals surface area contributed by atoms with Gasteiger partial charge in [-0.05, 0) is 30.7 Å². The molecule has 120 valence electrons. The Bertz CT molecular complexity index is 525. The van der Waals surface area contributed by atoms with Gasteiger partial charge in [0.25, 0.3) is 0 Å². The summed E-state index contributed by atoms with van der Waals surface area (Å²) in [6.07, 6.45) is 1.89. The first-order valence-corrected chi connectivity index (χ1v) is 7.22. The minimum Gasteiger partial charge on any atom is -0.465 e. The Balaban J connectivity index is 2.76. The van der Waals surface area contributed by atoms with E-state index in [2.05, 4.69) is 10.1 Å². The number of carbonyl (C=O) groups excluding carboxylic acids is 3. The van der Waals surface area contributed by atoms with Crippen LogP contribution in [0.5, 0.6) is 0 Å². The third-order valence-corrected chi connectivity index (χ3v) is 3.13. The number of nitrogens with one attached hydrogen (secondary N) is 1. The third-order valence-electron chi connectivity index (χ3n) is 3.13. The van der Waals surface area contributed by atoms with Crippen molar-refractivity contribution in [2.24, 2.45) is 0 Å². The molecule has 0 saturated heterocycles. The van der Waals surface area contributed by atoms with Gasteiger partial charge >= 0.3 is 5.97 Å². The van der Waals surface area contributed by atoms with Crippen LogP contribution in [0.1, 0.15) is 37.0 Å². The van der Waals surface area contributed by atoms with Crippen LogP contribution in [0.3, 0.4) is 0 Å². The van der Waals surface area contributed by atoms with Gasteiger partial charge in [-0.15, -0.1) is 0 Å². The standard InChI is InChI=1S/C16H22N2O4/c1-4-5-10-17-15(20)11-18(12(2)19)14-8-6-13(7-9-14)16(21)22-3/h6-9H,4-5,10-11H2,1-3H3,(H,17,20). The highest BCUT2D eigenvalue weighted by atomic mass is 16.5. The van der Waals surface area contributed by atoms with E-state index in [1.54, 1.807) is 24.3 Å². The molecular weight excluding hydrogens is 284 g/mol. The van der Waals surface area contributed by atoms with Gasteiger partial charge in [0.05, 0.1) is 12.7 Å². The molecule has 1 aromatic rings. The van der Waals surface area contributed by atoms with Crippen LogP contribution in [0.25, 0.3) is 0 Å². The molecular formula is C16H22N2O4. The number of hydrogen-bond donors (Lipinski definition) is 1. The highest BCUT2D eigenvalue weighted by molar-refractivity contribution is 5.98. The number of esters is 1. The van der Waals surface area contributed by atoms with Crippen molar-refractivity contribution in [1.82, 2.24) is 5.32 Å². The molecule has 6 heteroatoms. The van der Waals surface area contributed by atoms with Gasteiger partial charge in [-0.3, -0.25) is 9.59 Å². The van der Waals surface area contributed by atoms with Crippen LogP contribution < -0.4 is 10.2 Å². The van der Waals surface area contributed by atoms with E-state index in [1.807, 2.05) is 6.92 Å². The first-order chi connectivity index (χ1) is 10.5. The highest BCUT2D eigenvalue weighted by Crippen LogP contribution is 2.16. The highest BCUT2D eigenvalue weighted by Gasteiger charge is 2.16. The number of rotatable bonds is 7. The molecule has 0 aliphatic heterocycles. The van der Waals surface area contributed by atoms with Crippen molar-refractivity contribution < 1.29 is 19.1 Å². The van der Waals surface area contributed by atoms with Crippen molar-refractivity contribution in [2.45, 2.75) is 26.7 Å². The Morgan fingerprint density at radius 3 is 2.32 bits per heavy atom. The van der Waals surface area contributed by atoms with E-state index >= 15 is 0 Å². The van der Waals surface area contributed by atoms with E-state index in [1.165, 1.54) is 18.9 Å². The van der Waals surface area contributed by atoms with Crippen molar-refractivity contribution in [3.8, 4) is 0 Å². The summed E-state index contributed by atoms with van der Waals surface area (Å²) < 4.78 is 4.62. The van der Waals surface area contributed by atoms with E-state index < -0.39 is 5.97 Å². The summed E-state index contributed by atoms with van der Waals surface area (Å²) in [6.45, 7) is 3.99. The zero-order valence-electron chi connectivity index (χ0n) is 13.2. The average Bonchev–Trinajstić information content (AvgIpc) is 2.52. The van der Waals surface area contributed by atoms with E-state index in [0.29, 0.717) is 17.8 Å². The molecule has 1 rings (SSSR count). The first-order valence-electron chi connectivity index (χ1n) is 7.22.